The van der Waals surface area contributed by atoms with Crippen LogP contribution >= 0.6 is 11.3 Å². The largest absolute Gasteiger partial charge is 0.493 e. The summed E-state index contributed by atoms with van der Waals surface area (Å²) in [4.78, 5) is 15.1. The molecule has 1 aliphatic carbocycles. The monoisotopic (exact) mass is 523 g/mol. The van der Waals surface area contributed by atoms with E-state index in [0.29, 0.717) is 24.5 Å². The quantitative estimate of drug-likeness (QED) is 0.275. The van der Waals surface area contributed by atoms with E-state index in [-0.39, 0.29) is 17.6 Å². The number of rotatable bonds is 7. The summed E-state index contributed by atoms with van der Waals surface area (Å²) in [6.07, 6.45) is 1.29. The van der Waals surface area contributed by atoms with Crippen LogP contribution in [-0.4, -0.2) is 20.0 Å². The number of anilines is 1. The van der Waals surface area contributed by atoms with Crippen LogP contribution in [0.3, 0.4) is 0 Å². The molecule has 1 N–H and O–H groups in total. The number of fused-ring (bicyclic) bond motifs is 1. The lowest BCUT2D eigenvalue weighted by Crippen LogP contribution is -2.29. The van der Waals surface area contributed by atoms with Crippen molar-refractivity contribution in [1.29, 1.82) is 0 Å². The van der Waals surface area contributed by atoms with Gasteiger partial charge in [0, 0.05) is 46.2 Å². The highest BCUT2D eigenvalue weighted by Gasteiger charge is 2.39. The van der Waals surface area contributed by atoms with Gasteiger partial charge in [-0.05, 0) is 52.8 Å². The van der Waals surface area contributed by atoms with E-state index in [0.717, 1.165) is 45.8 Å². The van der Waals surface area contributed by atoms with Gasteiger partial charge < -0.3 is 19.5 Å². The minimum Gasteiger partial charge on any atom is -0.493 e. The average Bonchev–Trinajstić information content (AvgIpc) is 3.50. The van der Waals surface area contributed by atoms with E-state index < -0.39 is 0 Å². The first-order valence-electron chi connectivity index (χ1n) is 12.7. The van der Waals surface area contributed by atoms with E-state index in [1.54, 1.807) is 25.6 Å². The summed E-state index contributed by atoms with van der Waals surface area (Å²) < 4.78 is 17.4. The second kappa shape index (κ2) is 10.4. The second-order valence-electron chi connectivity index (χ2n) is 9.64. The number of nitrogens with one attached hydrogen (secondary N) is 1. The van der Waals surface area contributed by atoms with Crippen molar-refractivity contribution in [3.8, 4) is 17.2 Å². The first-order chi connectivity index (χ1) is 18.6. The van der Waals surface area contributed by atoms with E-state index in [4.69, 9.17) is 14.2 Å². The van der Waals surface area contributed by atoms with Gasteiger partial charge in [-0.1, -0.05) is 48.5 Å². The van der Waals surface area contributed by atoms with Gasteiger partial charge in [-0.25, -0.2) is 0 Å². The van der Waals surface area contributed by atoms with Crippen molar-refractivity contribution in [3.05, 3.63) is 117 Å². The highest BCUT2D eigenvalue weighted by Crippen LogP contribution is 2.51. The topological polar surface area (TPSA) is 56.8 Å². The molecular weight excluding hydrogens is 494 g/mol. The molecule has 1 aromatic heterocycles. The lowest BCUT2D eigenvalue weighted by atomic mass is 9.73. The van der Waals surface area contributed by atoms with Gasteiger partial charge in [0.2, 0.25) is 0 Å². The Kier molecular flexibility index (Phi) is 6.64. The van der Waals surface area contributed by atoms with E-state index in [2.05, 4.69) is 35.0 Å². The van der Waals surface area contributed by atoms with Crippen LogP contribution in [-0.2, 0) is 11.4 Å². The molecule has 0 unspecified atom stereocenters. The normalized spacial score (nSPS) is 18.3. The van der Waals surface area contributed by atoms with Crippen LogP contribution in [0, 0.1) is 0 Å². The number of hydrogen-bond donors (Lipinski definition) is 1. The Morgan fingerprint density at radius 3 is 2.47 bits per heavy atom. The molecular formula is C32H29NO4S. The summed E-state index contributed by atoms with van der Waals surface area (Å²) in [5.74, 6) is 2.18. The van der Waals surface area contributed by atoms with Gasteiger partial charge in [-0.2, -0.15) is 0 Å². The van der Waals surface area contributed by atoms with Crippen molar-refractivity contribution in [2.45, 2.75) is 31.3 Å². The smallest absolute Gasteiger partial charge is 0.162 e. The summed E-state index contributed by atoms with van der Waals surface area (Å²) >= 11 is 1.71. The Labute approximate surface area is 226 Å². The Bertz CT molecular complexity index is 1490. The van der Waals surface area contributed by atoms with Gasteiger partial charge in [0.1, 0.15) is 12.4 Å². The SMILES string of the molecule is COc1cc2c(cc1OC)[C@@H](c1cccc(OCc3ccccc3)c1)C1=C(C[C@@H](c3cccs3)CC1=O)N2. The first kappa shape index (κ1) is 24.3. The molecule has 2 aliphatic rings. The number of carbonyl (C=O) groups excluding carboxylic acids is 1. The molecule has 4 aromatic rings. The molecule has 5 nitrogen and oxygen atoms in total. The first-order valence-corrected chi connectivity index (χ1v) is 13.6. The molecule has 2 atom stereocenters. The van der Waals surface area contributed by atoms with Crippen molar-refractivity contribution in [2.24, 2.45) is 0 Å². The molecule has 38 heavy (non-hydrogen) atoms. The predicted molar refractivity (Wildman–Crippen MR) is 151 cm³/mol. The lowest BCUT2D eigenvalue weighted by Gasteiger charge is -2.37. The van der Waals surface area contributed by atoms with Gasteiger partial charge in [-0.15, -0.1) is 11.3 Å². The average molecular weight is 524 g/mol. The molecule has 1 aliphatic heterocycles. The van der Waals surface area contributed by atoms with Crippen LogP contribution in [0.5, 0.6) is 17.2 Å². The fraction of sp³-hybridized carbons (Fsp3) is 0.219. The Morgan fingerprint density at radius 1 is 0.895 bits per heavy atom. The lowest BCUT2D eigenvalue weighted by molar-refractivity contribution is -0.116. The van der Waals surface area contributed by atoms with E-state index >= 15 is 0 Å². The molecule has 0 fully saturated rings. The van der Waals surface area contributed by atoms with Crippen LogP contribution in [0.25, 0.3) is 0 Å². The van der Waals surface area contributed by atoms with Gasteiger partial charge in [-0.3, -0.25) is 4.79 Å². The molecule has 0 bridgehead atoms. The number of methoxy groups -OCH3 is 2. The summed E-state index contributed by atoms with van der Waals surface area (Å²) in [7, 11) is 3.27. The number of ether oxygens (including phenoxy) is 3. The molecule has 3 aromatic carbocycles. The van der Waals surface area contributed by atoms with Crippen LogP contribution in [0.1, 0.15) is 46.2 Å². The summed E-state index contributed by atoms with van der Waals surface area (Å²) in [6, 6.07) is 26.4. The van der Waals surface area contributed by atoms with Crippen LogP contribution < -0.4 is 19.5 Å². The van der Waals surface area contributed by atoms with Crippen molar-refractivity contribution in [2.75, 3.05) is 19.5 Å². The molecule has 0 radical (unpaired) electrons. The van der Waals surface area contributed by atoms with Gasteiger partial charge in [0.25, 0.3) is 0 Å². The fourth-order valence-corrected chi connectivity index (χ4v) is 6.37. The number of hydrogen-bond acceptors (Lipinski definition) is 6. The maximum atomic E-state index is 13.8. The maximum Gasteiger partial charge on any atom is 0.162 e. The second-order valence-corrected chi connectivity index (χ2v) is 10.6. The molecule has 0 saturated carbocycles. The maximum absolute atomic E-state index is 13.8. The van der Waals surface area contributed by atoms with Crippen LogP contribution in [0.15, 0.2) is 95.5 Å². The molecule has 0 spiro atoms. The van der Waals surface area contributed by atoms with E-state index in [9.17, 15) is 4.79 Å². The van der Waals surface area contributed by atoms with E-state index in [1.807, 2.05) is 54.6 Å². The van der Waals surface area contributed by atoms with Crippen molar-refractivity contribution < 1.29 is 19.0 Å². The number of benzene rings is 3. The third kappa shape index (κ3) is 4.56. The predicted octanol–water partition coefficient (Wildman–Crippen LogP) is 7.30. The van der Waals surface area contributed by atoms with E-state index in [1.165, 1.54) is 4.88 Å². The summed E-state index contributed by atoms with van der Waals surface area (Å²) in [5.41, 5.74) is 5.86. The summed E-state index contributed by atoms with van der Waals surface area (Å²) in [6.45, 7) is 0.480. The third-order valence-electron chi connectivity index (χ3n) is 7.33. The number of ketones is 1. The Balaban J connectivity index is 1.42. The molecule has 6 rings (SSSR count). The zero-order chi connectivity index (χ0) is 26.1. The van der Waals surface area contributed by atoms with Gasteiger partial charge in [0.15, 0.2) is 17.3 Å². The summed E-state index contributed by atoms with van der Waals surface area (Å²) in [5, 5.41) is 5.68. The molecule has 0 saturated heterocycles. The Morgan fingerprint density at radius 2 is 1.71 bits per heavy atom. The van der Waals surface area contributed by atoms with Crippen molar-refractivity contribution >= 4 is 22.8 Å². The Hall–Kier alpha value is -4.03. The standard InChI is InChI=1S/C32H29NO4S/c1-35-28-17-24-25(18-29(28)36-2)33-26-15-22(30-12-7-13-38-30)16-27(34)32(26)31(24)21-10-6-11-23(14-21)37-19-20-8-4-3-5-9-20/h3-14,17-18,22,31,33H,15-16,19H2,1-2H3/t22-,31-/m1/s1. The number of thiophene rings is 1. The molecule has 2 heterocycles. The fourth-order valence-electron chi connectivity index (χ4n) is 5.54. The highest BCUT2D eigenvalue weighted by molar-refractivity contribution is 7.10. The minimum atomic E-state index is -0.238. The minimum absolute atomic E-state index is 0.177. The number of carbonyl (C=O) groups is 1. The molecule has 192 valence electrons. The zero-order valence-corrected chi connectivity index (χ0v) is 22.2. The van der Waals surface area contributed by atoms with Gasteiger partial charge >= 0.3 is 0 Å². The molecule has 0 amide bonds. The van der Waals surface area contributed by atoms with Crippen LogP contribution in [0.2, 0.25) is 0 Å². The number of allylic oxidation sites excluding steroid dienone is 2. The third-order valence-corrected chi connectivity index (χ3v) is 8.37. The number of Topliss-reactive ketones (excluding diaryl/α,β-unsaturated/α-hetero) is 1. The van der Waals surface area contributed by atoms with Gasteiger partial charge in [0.05, 0.1) is 14.2 Å². The zero-order valence-electron chi connectivity index (χ0n) is 21.4. The highest BCUT2D eigenvalue weighted by atomic mass is 32.1. The molecule has 6 heteroatoms. The van der Waals surface area contributed by atoms with Crippen LogP contribution in [0.4, 0.5) is 5.69 Å². The van der Waals surface area contributed by atoms with Crippen molar-refractivity contribution in [1.82, 2.24) is 0 Å². The van der Waals surface area contributed by atoms with Crippen molar-refractivity contribution in [3.63, 3.8) is 0 Å².